The van der Waals surface area contributed by atoms with Gasteiger partial charge in [0.15, 0.2) is 0 Å². The Labute approximate surface area is 212 Å². The van der Waals surface area contributed by atoms with Gasteiger partial charge in [-0.2, -0.15) is 0 Å². The summed E-state index contributed by atoms with van der Waals surface area (Å²) >= 11 is 0. The molecule has 36 heavy (non-hydrogen) atoms. The highest BCUT2D eigenvalue weighted by molar-refractivity contribution is 5.79. The maximum absolute atomic E-state index is 13.0. The second-order valence-electron chi connectivity index (χ2n) is 9.29. The molecule has 3 heterocycles. The van der Waals surface area contributed by atoms with Crippen molar-refractivity contribution in [2.45, 2.75) is 32.1 Å². The molecule has 7 nitrogen and oxygen atoms in total. The Bertz CT molecular complexity index is 1230. The molecule has 1 aliphatic heterocycles. The Hall–Kier alpha value is -4.00. The minimum atomic E-state index is 0.0327. The molecule has 0 saturated carbocycles. The normalized spacial score (nSPS) is 14.2. The third kappa shape index (κ3) is 5.46. The summed E-state index contributed by atoms with van der Waals surface area (Å²) in [5.74, 6) is 3.04. The molecule has 0 bridgehead atoms. The van der Waals surface area contributed by atoms with E-state index in [4.69, 9.17) is 0 Å². The van der Waals surface area contributed by atoms with Gasteiger partial charge in [-0.3, -0.25) is 9.36 Å². The lowest BCUT2D eigenvalue weighted by atomic mass is 9.88. The average Bonchev–Trinajstić information content (AvgIpc) is 3.38. The number of nitrogens with one attached hydrogen (secondary N) is 1. The summed E-state index contributed by atoms with van der Waals surface area (Å²) in [5.41, 5.74) is 2.56. The molecule has 7 heteroatoms. The lowest BCUT2D eigenvalue weighted by molar-refractivity contribution is -0.125. The molecule has 0 unspecified atom stereocenters. The molecule has 5 rings (SSSR count). The number of aryl methyl sites for hydroxylation is 1. The van der Waals surface area contributed by atoms with Crippen LogP contribution in [0.1, 0.15) is 42.1 Å². The first kappa shape index (κ1) is 23.7. The molecule has 4 aromatic rings. The molecule has 0 radical (unpaired) electrons. The smallest absolute Gasteiger partial charge is 0.223 e. The Morgan fingerprint density at radius 3 is 2.19 bits per heavy atom. The van der Waals surface area contributed by atoms with Crippen LogP contribution >= 0.6 is 0 Å². The van der Waals surface area contributed by atoms with Gasteiger partial charge in [0.25, 0.3) is 0 Å². The number of imidazole rings is 1. The van der Waals surface area contributed by atoms with E-state index in [2.05, 4.69) is 73.7 Å². The zero-order chi connectivity index (χ0) is 24.7. The van der Waals surface area contributed by atoms with Crippen molar-refractivity contribution in [1.82, 2.24) is 24.8 Å². The van der Waals surface area contributed by atoms with Gasteiger partial charge in [-0.05, 0) is 37.3 Å². The summed E-state index contributed by atoms with van der Waals surface area (Å²) in [5, 5.41) is 3.22. The first-order valence-corrected chi connectivity index (χ1v) is 12.6. The van der Waals surface area contributed by atoms with Crippen LogP contribution in [-0.2, 0) is 4.79 Å². The van der Waals surface area contributed by atoms with Crippen molar-refractivity contribution in [3.63, 3.8) is 0 Å². The van der Waals surface area contributed by atoms with Crippen LogP contribution in [0.3, 0.4) is 0 Å². The Morgan fingerprint density at radius 2 is 1.58 bits per heavy atom. The van der Waals surface area contributed by atoms with E-state index in [9.17, 15) is 4.79 Å². The lowest BCUT2D eigenvalue weighted by Crippen LogP contribution is -2.41. The van der Waals surface area contributed by atoms with Gasteiger partial charge in [-0.25, -0.2) is 15.0 Å². The SMILES string of the molecule is Cc1nccn1-c1cc(N2CCC(C(=O)NCCC(c3ccccc3)c3ccccc3)CC2)ncn1. The fourth-order valence-electron chi connectivity index (χ4n) is 5.01. The van der Waals surface area contributed by atoms with Gasteiger partial charge in [-0.1, -0.05) is 60.7 Å². The van der Waals surface area contributed by atoms with E-state index in [1.165, 1.54) is 11.1 Å². The van der Waals surface area contributed by atoms with Crippen molar-refractivity contribution in [1.29, 1.82) is 0 Å². The molecule has 1 N–H and O–H groups in total. The highest BCUT2D eigenvalue weighted by atomic mass is 16.1. The van der Waals surface area contributed by atoms with Crippen LogP contribution in [0.4, 0.5) is 5.82 Å². The molecule has 0 atom stereocenters. The van der Waals surface area contributed by atoms with E-state index in [1.54, 1.807) is 12.5 Å². The monoisotopic (exact) mass is 480 g/mol. The number of anilines is 1. The van der Waals surface area contributed by atoms with Crippen LogP contribution in [0.25, 0.3) is 5.82 Å². The number of carbonyl (C=O) groups excluding carboxylic acids is 1. The first-order valence-electron chi connectivity index (χ1n) is 12.6. The maximum atomic E-state index is 13.0. The van der Waals surface area contributed by atoms with Crippen molar-refractivity contribution in [2.24, 2.45) is 5.92 Å². The minimum absolute atomic E-state index is 0.0327. The first-order chi connectivity index (χ1) is 17.7. The molecule has 2 aromatic carbocycles. The molecule has 0 aliphatic carbocycles. The predicted molar refractivity (Wildman–Crippen MR) is 141 cm³/mol. The van der Waals surface area contributed by atoms with E-state index < -0.39 is 0 Å². The maximum Gasteiger partial charge on any atom is 0.223 e. The number of hydrogen-bond donors (Lipinski definition) is 1. The van der Waals surface area contributed by atoms with E-state index >= 15 is 0 Å². The van der Waals surface area contributed by atoms with Gasteiger partial charge < -0.3 is 10.2 Å². The average molecular weight is 481 g/mol. The van der Waals surface area contributed by atoms with Gasteiger partial charge in [0.2, 0.25) is 5.91 Å². The van der Waals surface area contributed by atoms with Crippen LogP contribution in [0.15, 0.2) is 85.5 Å². The van der Waals surface area contributed by atoms with E-state index in [1.807, 2.05) is 35.9 Å². The number of benzene rings is 2. The largest absolute Gasteiger partial charge is 0.356 e. The molecular formula is C29H32N6O. The molecular weight excluding hydrogens is 448 g/mol. The number of nitrogens with zero attached hydrogens (tertiary/aromatic N) is 5. The predicted octanol–water partition coefficient (Wildman–Crippen LogP) is 4.53. The molecule has 184 valence electrons. The lowest BCUT2D eigenvalue weighted by Gasteiger charge is -2.32. The van der Waals surface area contributed by atoms with Crippen LogP contribution in [0, 0.1) is 12.8 Å². The van der Waals surface area contributed by atoms with Gasteiger partial charge in [-0.15, -0.1) is 0 Å². The van der Waals surface area contributed by atoms with Crippen LogP contribution in [0.2, 0.25) is 0 Å². The van der Waals surface area contributed by atoms with E-state index in [0.29, 0.717) is 6.54 Å². The second-order valence-corrected chi connectivity index (χ2v) is 9.29. The molecule has 1 fully saturated rings. The number of carbonyl (C=O) groups is 1. The van der Waals surface area contributed by atoms with Crippen LogP contribution in [-0.4, -0.2) is 45.1 Å². The molecule has 0 spiro atoms. The van der Waals surface area contributed by atoms with Crippen LogP contribution < -0.4 is 10.2 Å². The fraction of sp³-hybridized carbons (Fsp3) is 0.310. The number of rotatable bonds is 8. The Kier molecular flexibility index (Phi) is 7.36. The second kappa shape index (κ2) is 11.2. The number of amides is 1. The summed E-state index contributed by atoms with van der Waals surface area (Å²) in [6, 6.07) is 23.1. The summed E-state index contributed by atoms with van der Waals surface area (Å²) in [6.07, 6.45) is 7.77. The quantitative estimate of drug-likeness (QED) is 0.401. The fourth-order valence-corrected chi connectivity index (χ4v) is 5.01. The third-order valence-electron chi connectivity index (χ3n) is 7.04. The van der Waals surface area contributed by atoms with E-state index in [-0.39, 0.29) is 17.7 Å². The third-order valence-corrected chi connectivity index (χ3v) is 7.04. The molecule has 1 aliphatic rings. The number of aromatic nitrogens is 4. The van der Waals surface area contributed by atoms with Crippen molar-refractivity contribution in [2.75, 3.05) is 24.5 Å². The summed E-state index contributed by atoms with van der Waals surface area (Å²) in [6.45, 7) is 4.21. The molecule has 2 aromatic heterocycles. The highest BCUT2D eigenvalue weighted by Gasteiger charge is 2.26. The van der Waals surface area contributed by atoms with Gasteiger partial charge >= 0.3 is 0 Å². The summed E-state index contributed by atoms with van der Waals surface area (Å²) < 4.78 is 1.95. The molecule has 1 saturated heterocycles. The highest BCUT2D eigenvalue weighted by Crippen LogP contribution is 2.28. The van der Waals surface area contributed by atoms with Crippen molar-refractivity contribution in [3.05, 3.63) is 102 Å². The van der Waals surface area contributed by atoms with Crippen molar-refractivity contribution >= 4 is 11.7 Å². The van der Waals surface area contributed by atoms with Gasteiger partial charge in [0.05, 0.1) is 0 Å². The minimum Gasteiger partial charge on any atom is -0.356 e. The molecule has 1 amide bonds. The zero-order valence-electron chi connectivity index (χ0n) is 20.6. The number of piperidine rings is 1. The van der Waals surface area contributed by atoms with E-state index in [0.717, 1.165) is 49.8 Å². The summed E-state index contributed by atoms with van der Waals surface area (Å²) in [7, 11) is 0. The Morgan fingerprint density at radius 1 is 0.944 bits per heavy atom. The summed E-state index contributed by atoms with van der Waals surface area (Å²) in [4.78, 5) is 28.4. The topological polar surface area (TPSA) is 75.9 Å². The van der Waals surface area contributed by atoms with Gasteiger partial charge in [0.1, 0.15) is 23.8 Å². The van der Waals surface area contributed by atoms with Crippen molar-refractivity contribution in [3.8, 4) is 5.82 Å². The van der Waals surface area contributed by atoms with Crippen molar-refractivity contribution < 1.29 is 4.79 Å². The number of hydrogen-bond acceptors (Lipinski definition) is 5. The van der Waals surface area contributed by atoms with Gasteiger partial charge in [0, 0.05) is 49.9 Å². The Balaban J connectivity index is 1.15. The van der Waals surface area contributed by atoms with Crippen LogP contribution in [0.5, 0.6) is 0 Å². The standard InChI is InChI=1S/C29H32N6O/c1-22-30-16-19-35(22)28-20-27(32-21-33-28)34-17-13-25(14-18-34)29(36)31-15-12-26(23-8-4-2-5-9-23)24-10-6-3-7-11-24/h2-11,16,19-21,25-26H,12-15,17-18H2,1H3,(H,31,36). The zero-order valence-corrected chi connectivity index (χ0v) is 20.6.